The molecule has 0 bridgehead atoms. The van der Waals surface area contributed by atoms with Crippen molar-refractivity contribution >= 4 is 29.3 Å². The predicted molar refractivity (Wildman–Crippen MR) is 166 cm³/mol. The van der Waals surface area contributed by atoms with Gasteiger partial charge < -0.3 is 24.8 Å². The van der Waals surface area contributed by atoms with Gasteiger partial charge in [-0.15, -0.1) is 5.10 Å². The number of allylic oxidation sites excluding steroid dienone is 1. The van der Waals surface area contributed by atoms with Gasteiger partial charge >= 0.3 is 0 Å². The van der Waals surface area contributed by atoms with Crippen LogP contribution in [-0.4, -0.2) is 40.1 Å². The summed E-state index contributed by atoms with van der Waals surface area (Å²) in [6, 6.07) is 20.7. The maximum atomic E-state index is 14.0. The zero-order valence-electron chi connectivity index (χ0n) is 24.4. The van der Waals surface area contributed by atoms with Crippen molar-refractivity contribution in [2.75, 3.05) is 30.1 Å². The van der Waals surface area contributed by atoms with E-state index >= 15 is 0 Å². The minimum atomic E-state index is -0.570. The van der Waals surface area contributed by atoms with Crippen LogP contribution in [0.1, 0.15) is 43.5 Å². The number of fused-ring (bicyclic) bond motifs is 1. The lowest BCUT2D eigenvalue weighted by Gasteiger charge is -2.29. The molecule has 1 aromatic heterocycles. The van der Waals surface area contributed by atoms with Gasteiger partial charge in [-0.25, -0.2) is 4.68 Å². The van der Waals surface area contributed by atoms with Crippen LogP contribution in [0, 0.1) is 6.92 Å². The summed E-state index contributed by atoms with van der Waals surface area (Å²) in [5.41, 5.74) is 4.81. The molecule has 0 saturated carbocycles. The molecule has 42 heavy (non-hydrogen) atoms. The average Bonchev–Trinajstić information content (AvgIpc) is 3.38. The molecule has 0 aliphatic carbocycles. The number of amides is 1. The average molecular weight is 586 g/mol. The van der Waals surface area contributed by atoms with Gasteiger partial charge in [0.15, 0.2) is 11.5 Å². The van der Waals surface area contributed by atoms with Crippen LogP contribution in [0.2, 0.25) is 0 Å². The number of nitrogens with zero attached hydrogens (tertiary/aromatic N) is 3. The minimum Gasteiger partial charge on any atom is -0.493 e. The Balaban J connectivity index is 1.52. The van der Waals surface area contributed by atoms with E-state index in [-0.39, 0.29) is 5.91 Å². The molecule has 3 aromatic carbocycles. The first kappa shape index (κ1) is 29.1. The van der Waals surface area contributed by atoms with Gasteiger partial charge in [0.1, 0.15) is 18.4 Å². The number of ether oxygens (including phenoxy) is 3. The van der Waals surface area contributed by atoms with Crippen LogP contribution in [-0.2, 0) is 11.4 Å². The van der Waals surface area contributed by atoms with Crippen LogP contribution in [0.5, 0.6) is 17.2 Å². The Labute approximate surface area is 250 Å². The molecule has 1 unspecified atom stereocenters. The summed E-state index contributed by atoms with van der Waals surface area (Å²) >= 11 is 1.54. The molecule has 9 nitrogen and oxygen atoms in total. The number of carbonyl (C=O) groups excluding carboxylic acids is 1. The van der Waals surface area contributed by atoms with Crippen molar-refractivity contribution in [3.05, 3.63) is 94.7 Å². The van der Waals surface area contributed by atoms with Crippen molar-refractivity contribution in [1.29, 1.82) is 0 Å². The standard InChI is InChI=1S/C32H35N5O4S/c1-6-40-25-14-9-8-13-24(25)34-30(38)28-21(4)33-31-35-32(42-7-2)36-37(31)29(28)23-15-16-26(27(18-23)39-5)41-19-22-12-10-11-20(3)17-22/h8-18,29H,6-7,19H2,1-5H3,(H,34,38)(H,33,35,36). The number of thioether (sulfide) groups is 1. The Morgan fingerprint density at radius 2 is 1.83 bits per heavy atom. The summed E-state index contributed by atoms with van der Waals surface area (Å²) < 4.78 is 19.4. The monoisotopic (exact) mass is 585 g/mol. The molecule has 0 spiro atoms. The third-order valence-corrected chi connectivity index (χ3v) is 7.49. The highest BCUT2D eigenvalue weighted by Crippen LogP contribution is 2.40. The van der Waals surface area contributed by atoms with E-state index in [0.717, 1.165) is 16.9 Å². The van der Waals surface area contributed by atoms with Crippen molar-refractivity contribution in [3.8, 4) is 17.2 Å². The van der Waals surface area contributed by atoms with Gasteiger partial charge in [-0.2, -0.15) is 4.98 Å². The maximum Gasteiger partial charge on any atom is 0.255 e. The first-order valence-corrected chi connectivity index (χ1v) is 14.9. The Morgan fingerprint density at radius 1 is 1.00 bits per heavy atom. The van der Waals surface area contributed by atoms with Gasteiger partial charge in [0, 0.05) is 5.70 Å². The molecule has 0 fully saturated rings. The fraction of sp³-hybridized carbons (Fsp3) is 0.281. The maximum absolute atomic E-state index is 14.0. The van der Waals surface area contributed by atoms with Crippen molar-refractivity contribution in [1.82, 2.24) is 14.8 Å². The van der Waals surface area contributed by atoms with Gasteiger partial charge in [-0.05, 0) is 61.9 Å². The summed E-state index contributed by atoms with van der Waals surface area (Å²) in [6.45, 7) is 8.77. The topological polar surface area (TPSA) is 99.5 Å². The van der Waals surface area contributed by atoms with Crippen molar-refractivity contribution < 1.29 is 19.0 Å². The van der Waals surface area contributed by atoms with E-state index in [4.69, 9.17) is 19.3 Å². The molecule has 1 amide bonds. The SMILES string of the molecule is CCOc1ccccc1NC(=O)C1=C(C)Nc2nc(SCC)nn2C1c1ccc(OCc2cccc(C)c2)c(OC)c1. The zero-order chi connectivity index (χ0) is 29.6. The highest BCUT2D eigenvalue weighted by molar-refractivity contribution is 7.99. The summed E-state index contributed by atoms with van der Waals surface area (Å²) in [7, 11) is 1.61. The number of methoxy groups -OCH3 is 1. The molecule has 5 rings (SSSR count). The van der Waals surface area contributed by atoms with E-state index in [2.05, 4.69) is 34.7 Å². The molecule has 10 heteroatoms. The van der Waals surface area contributed by atoms with Crippen molar-refractivity contribution in [3.63, 3.8) is 0 Å². The molecule has 1 aliphatic rings. The molecular formula is C32H35N5O4S. The van der Waals surface area contributed by atoms with Crippen LogP contribution in [0.25, 0.3) is 0 Å². The quantitative estimate of drug-likeness (QED) is 0.190. The van der Waals surface area contributed by atoms with E-state index in [1.807, 2.05) is 75.4 Å². The number of benzene rings is 3. The molecule has 1 aliphatic heterocycles. The first-order chi connectivity index (χ1) is 20.4. The van der Waals surface area contributed by atoms with Crippen LogP contribution in [0.4, 0.5) is 11.6 Å². The minimum absolute atomic E-state index is 0.276. The van der Waals surface area contributed by atoms with Gasteiger partial charge in [-0.1, -0.05) is 66.7 Å². The fourth-order valence-electron chi connectivity index (χ4n) is 4.90. The normalized spacial score (nSPS) is 14.2. The number of hydrogen-bond acceptors (Lipinski definition) is 8. The van der Waals surface area contributed by atoms with Gasteiger partial charge in [0.05, 0.1) is 25.0 Å². The number of aromatic nitrogens is 3. The molecule has 0 saturated heterocycles. The smallest absolute Gasteiger partial charge is 0.255 e. The predicted octanol–water partition coefficient (Wildman–Crippen LogP) is 6.61. The van der Waals surface area contributed by atoms with Gasteiger partial charge in [0.25, 0.3) is 5.91 Å². The molecule has 0 radical (unpaired) electrons. The second-order valence-electron chi connectivity index (χ2n) is 9.73. The third-order valence-electron chi connectivity index (χ3n) is 6.77. The summed E-state index contributed by atoms with van der Waals surface area (Å²) in [5.74, 6) is 2.88. The Kier molecular flexibility index (Phi) is 9.02. The van der Waals surface area contributed by atoms with Crippen LogP contribution < -0.4 is 24.8 Å². The number of hydrogen-bond donors (Lipinski definition) is 2. The fourth-order valence-corrected chi connectivity index (χ4v) is 5.46. The van der Waals surface area contributed by atoms with Crippen LogP contribution >= 0.6 is 11.8 Å². The number of anilines is 2. The van der Waals surface area contributed by atoms with Crippen LogP contribution in [0.15, 0.2) is 83.2 Å². The molecule has 4 aromatic rings. The lowest BCUT2D eigenvalue weighted by molar-refractivity contribution is -0.113. The number of aryl methyl sites for hydroxylation is 1. The van der Waals surface area contributed by atoms with Crippen LogP contribution in [0.3, 0.4) is 0 Å². The van der Waals surface area contributed by atoms with E-state index in [1.54, 1.807) is 11.8 Å². The first-order valence-electron chi connectivity index (χ1n) is 13.9. The lowest BCUT2D eigenvalue weighted by atomic mass is 9.94. The number of rotatable bonds is 11. The Hall–Kier alpha value is -4.44. The van der Waals surface area contributed by atoms with Crippen molar-refractivity contribution in [2.45, 2.75) is 45.5 Å². The van der Waals surface area contributed by atoms with E-state index in [9.17, 15) is 4.79 Å². The highest BCUT2D eigenvalue weighted by atomic mass is 32.2. The van der Waals surface area contributed by atoms with Gasteiger partial charge in [0.2, 0.25) is 11.1 Å². The van der Waals surface area contributed by atoms with E-state index < -0.39 is 6.04 Å². The highest BCUT2D eigenvalue weighted by Gasteiger charge is 2.35. The summed E-state index contributed by atoms with van der Waals surface area (Å²) in [6.07, 6.45) is 0. The third kappa shape index (κ3) is 6.23. The number of carbonyl (C=O) groups is 1. The Morgan fingerprint density at radius 3 is 2.60 bits per heavy atom. The Bertz CT molecular complexity index is 1620. The zero-order valence-corrected chi connectivity index (χ0v) is 25.2. The molecular weight excluding hydrogens is 550 g/mol. The molecule has 2 N–H and O–H groups in total. The summed E-state index contributed by atoms with van der Waals surface area (Å²) in [4.78, 5) is 18.7. The molecule has 1 atom stereocenters. The molecule has 2 heterocycles. The number of nitrogens with one attached hydrogen (secondary N) is 2. The molecule has 218 valence electrons. The largest absolute Gasteiger partial charge is 0.493 e. The van der Waals surface area contributed by atoms with E-state index in [0.29, 0.717) is 58.5 Å². The van der Waals surface area contributed by atoms with E-state index in [1.165, 1.54) is 17.3 Å². The second-order valence-corrected chi connectivity index (χ2v) is 11.0. The number of para-hydroxylation sites is 2. The van der Waals surface area contributed by atoms with Gasteiger partial charge in [-0.3, -0.25) is 4.79 Å². The summed E-state index contributed by atoms with van der Waals surface area (Å²) in [5, 5.41) is 11.7. The lowest BCUT2D eigenvalue weighted by Crippen LogP contribution is -2.31. The van der Waals surface area contributed by atoms with Crippen molar-refractivity contribution in [2.24, 2.45) is 0 Å². The second kappa shape index (κ2) is 13.0.